The summed E-state index contributed by atoms with van der Waals surface area (Å²) in [4.78, 5) is 22.6. The molecule has 2 aromatic carbocycles. The fourth-order valence-electron chi connectivity index (χ4n) is 1.59. The van der Waals surface area contributed by atoms with Gasteiger partial charge in [0.05, 0.1) is 4.92 Å². The number of nitrogens with zero attached hydrogens (tertiary/aromatic N) is 1. The van der Waals surface area contributed by atoms with Crippen molar-refractivity contribution in [2.45, 2.75) is 0 Å². The van der Waals surface area contributed by atoms with Crippen molar-refractivity contribution in [1.82, 2.24) is 0 Å². The monoisotopic (exact) mass is 353 g/mol. The molecule has 0 spiro atoms. The van der Waals surface area contributed by atoms with E-state index in [-0.39, 0.29) is 17.0 Å². The molecule has 0 N–H and O–H groups in total. The lowest BCUT2D eigenvalue weighted by atomic mass is 10.0. The second-order valence-electron chi connectivity index (χ2n) is 3.61. The van der Waals surface area contributed by atoms with Crippen molar-refractivity contribution in [2.75, 3.05) is 0 Å². The molecule has 0 aliphatic carbocycles. The van der Waals surface area contributed by atoms with Crippen LogP contribution in [0.4, 0.5) is 5.69 Å². The van der Waals surface area contributed by atoms with Gasteiger partial charge in [0.1, 0.15) is 5.56 Å². The van der Waals surface area contributed by atoms with Gasteiger partial charge in [-0.15, -0.1) is 0 Å². The van der Waals surface area contributed by atoms with E-state index in [4.69, 9.17) is 0 Å². The molecular formula is C13H8INO3. The average Bonchev–Trinajstić information content (AvgIpc) is 2.39. The summed E-state index contributed by atoms with van der Waals surface area (Å²) < 4.78 is 0.726. The second-order valence-corrected chi connectivity index (χ2v) is 4.86. The number of nitro groups is 1. The summed E-state index contributed by atoms with van der Waals surface area (Å²) in [5.74, 6) is -0.335. The Morgan fingerprint density at radius 3 is 2.39 bits per heavy atom. The van der Waals surface area contributed by atoms with Crippen molar-refractivity contribution in [2.24, 2.45) is 0 Å². The summed E-state index contributed by atoms with van der Waals surface area (Å²) in [5.41, 5.74) is 0.407. The van der Waals surface area contributed by atoms with Crippen molar-refractivity contribution in [1.29, 1.82) is 0 Å². The molecule has 0 radical (unpaired) electrons. The molecule has 0 fully saturated rings. The minimum atomic E-state index is -0.529. The highest BCUT2D eigenvalue weighted by atomic mass is 127. The third-order valence-corrected chi connectivity index (χ3v) is 3.11. The zero-order valence-corrected chi connectivity index (χ0v) is 11.3. The van der Waals surface area contributed by atoms with Crippen LogP contribution < -0.4 is 0 Å². The van der Waals surface area contributed by atoms with E-state index in [2.05, 4.69) is 0 Å². The van der Waals surface area contributed by atoms with Crippen molar-refractivity contribution in [3.63, 3.8) is 0 Å². The van der Waals surface area contributed by atoms with Crippen molar-refractivity contribution >= 4 is 34.1 Å². The lowest BCUT2D eigenvalue weighted by Gasteiger charge is -2.03. The van der Waals surface area contributed by atoms with E-state index in [9.17, 15) is 14.9 Å². The number of rotatable bonds is 3. The van der Waals surface area contributed by atoms with Crippen LogP contribution in [0.15, 0.2) is 48.5 Å². The minimum absolute atomic E-state index is 0.117. The maximum absolute atomic E-state index is 12.2. The van der Waals surface area contributed by atoms with Crippen LogP contribution in [0.2, 0.25) is 0 Å². The summed E-state index contributed by atoms with van der Waals surface area (Å²) in [6, 6.07) is 13.1. The number of carbonyl (C=O) groups excluding carboxylic acids is 1. The van der Waals surface area contributed by atoms with Gasteiger partial charge in [-0.3, -0.25) is 14.9 Å². The van der Waals surface area contributed by atoms with Crippen LogP contribution in [-0.2, 0) is 0 Å². The maximum Gasteiger partial charge on any atom is 0.281 e. The Balaban J connectivity index is 2.52. The topological polar surface area (TPSA) is 60.2 Å². The maximum atomic E-state index is 12.2. The molecule has 0 unspecified atom stereocenters. The largest absolute Gasteiger partial charge is 0.288 e. The molecule has 18 heavy (non-hydrogen) atoms. The highest BCUT2D eigenvalue weighted by molar-refractivity contribution is 14.1. The third kappa shape index (κ3) is 2.56. The standard InChI is InChI=1S/C13H8INO3/c14-10-6-7-11(12(8-10)15(17)18)13(16)9-4-2-1-3-5-9/h1-8H. The molecule has 0 heterocycles. The number of nitro benzene ring substituents is 1. The van der Waals surface area contributed by atoms with Crippen LogP contribution in [0.1, 0.15) is 15.9 Å². The van der Waals surface area contributed by atoms with Gasteiger partial charge in [0, 0.05) is 15.2 Å². The summed E-state index contributed by atoms with van der Waals surface area (Å²) in [7, 11) is 0. The van der Waals surface area contributed by atoms with Gasteiger partial charge in [0.15, 0.2) is 5.78 Å². The third-order valence-electron chi connectivity index (χ3n) is 2.44. The van der Waals surface area contributed by atoms with Crippen LogP contribution in [-0.4, -0.2) is 10.7 Å². The van der Waals surface area contributed by atoms with Crippen LogP contribution in [0, 0.1) is 13.7 Å². The first kappa shape index (κ1) is 12.7. The first-order chi connectivity index (χ1) is 8.59. The molecule has 2 aromatic rings. The zero-order valence-electron chi connectivity index (χ0n) is 9.17. The van der Waals surface area contributed by atoms with Gasteiger partial charge in [-0.1, -0.05) is 30.3 Å². The molecule has 0 saturated heterocycles. The SMILES string of the molecule is O=C(c1ccccc1)c1ccc(I)cc1[N+](=O)[O-]. The second kappa shape index (κ2) is 5.26. The molecule has 5 heteroatoms. The van der Waals surface area contributed by atoms with E-state index >= 15 is 0 Å². The lowest BCUT2D eigenvalue weighted by Crippen LogP contribution is -2.05. The average molecular weight is 353 g/mol. The zero-order chi connectivity index (χ0) is 13.1. The number of carbonyl (C=O) groups is 1. The molecule has 0 aromatic heterocycles. The molecular weight excluding hydrogens is 345 g/mol. The van der Waals surface area contributed by atoms with Crippen molar-refractivity contribution in [3.05, 3.63) is 73.3 Å². The van der Waals surface area contributed by atoms with Crippen LogP contribution in [0.5, 0.6) is 0 Å². The molecule has 0 bridgehead atoms. The number of benzene rings is 2. The molecule has 4 nitrogen and oxygen atoms in total. The van der Waals surface area contributed by atoms with E-state index in [1.165, 1.54) is 12.1 Å². The van der Waals surface area contributed by atoms with E-state index in [0.29, 0.717) is 5.56 Å². The Labute approximate surface area is 117 Å². The quantitative estimate of drug-likeness (QED) is 0.368. The Hall–Kier alpha value is -1.76. The van der Waals surface area contributed by atoms with E-state index in [0.717, 1.165) is 3.57 Å². The summed E-state index contributed by atoms with van der Waals surface area (Å²) in [6.45, 7) is 0. The van der Waals surface area contributed by atoms with Crippen molar-refractivity contribution in [3.8, 4) is 0 Å². The first-order valence-electron chi connectivity index (χ1n) is 5.13. The van der Waals surface area contributed by atoms with Gasteiger partial charge in [-0.25, -0.2) is 0 Å². The van der Waals surface area contributed by atoms with Crippen molar-refractivity contribution < 1.29 is 9.72 Å². The molecule has 2 rings (SSSR count). The predicted octanol–water partition coefficient (Wildman–Crippen LogP) is 3.43. The Morgan fingerprint density at radius 2 is 1.78 bits per heavy atom. The summed E-state index contributed by atoms with van der Waals surface area (Å²) in [6.07, 6.45) is 0. The molecule has 0 atom stereocenters. The van der Waals surface area contributed by atoms with Gasteiger partial charge in [-0.2, -0.15) is 0 Å². The van der Waals surface area contributed by atoms with Gasteiger partial charge in [0.25, 0.3) is 5.69 Å². The van der Waals surface area contributed by atoms with Gasteiger partial charge in [-0.05, 0) is 34.7 Å². The molecule has 0 aliphatic heterocycles. The normalized spacial score (nSPS) is 10.1. The van der Waals surface area contributed by atoms with Crippen LogP contribution in [0.3, 0.4) is 0 Å². The van der Waals surface area contributed by atoms with E-state index in [1.54, 1.807) is 36.4 Å². The highest BCUT2D eigenvalue weighted by Crippen LogP contribution is 2.24. The summed E-state index contributed by atoms with van der Waals surface area (Å²) in [5, 5.41) is 11.0. The number of hydrogen-bond acceptors (Lipinski definition) is 3. The fraction of sp³-hybridized carbons (Fsp3) is 0. The van der Waals surface area contributed by atoms with Gasteiger partial charge in [0.2, 0.25) is 0 Å². The van der Waals surface area contributed by atoms with Crippen LogP contribution >= 0.6 is 22.6 Å². The molecule has 90 valence electrons. The predicted molar refractivity (Wildman–Crippen MR) is 75.7 cm³/mol. The Morgan fingerprint density at radius 1 is 1.11 bits per heavy atom. The first-order valence-corrected chi connectivity index (χ1v) is 6.21. The van der Waals surface area contributed by atoms with E-state index in [1.807, 2.05) is 22.6 Å². The highest BCUT2D eigenvalue weighted by Gasteiger charge is 2.21. The van der Waals surface area contributed by atoms with Gasteiger partial charge < -0.3 is 0 Å². The van der Waals surface area contributed by atoms with Gasteiger partial charge >= 0.3 is 0 Å². The fourth-order valence-corrected chi connectivity index (χ4v) is 2.07. The lowest BCUT2D eigenvalue weighted by molar-refractivity contribution is -0.385. The minimum Gasteiger partial charge on any atom is -0.288 e. The molecule has 0 aliphatic rings. The number of hydrogen-bond donors (Lipinski definition) is 0. The van der Waals surface area contributed by atoms with E-state index < -0.39 is 4.92 Å². The molecule has 0 amide bonds. The summed E-state index contributed by atoms with van der Waals surface area (Å²) >= 11 is 1.98. The van der Waals surface area contributed by atoms with Crippen LogP contribution in [0.25, 0.3) is 0 Å². The molecule has 0 saturated carbocycles. The Kier molecular flexibility index (Phi) is 3.71. The Bertz CT molecular complexity index is 611. The number of ketones is 1. The number of halogens is 1. The smallest absolute Gasteiger partial charge is 0.281 e.